The average Bonchev–Trinajstić information content (AvgIpc) is 3.15. The summed E-state index contributed by atoms with van der Waals surface area (Å²) < 4.78 is 22.3. The van der Waals surface area contributed by atoms with Crippen molar-refractivity contribution in [1.82, 2.24) is 0 Å². The summed E-state index contributed by atoms with van der Waals surface area (Å²) in [4.78, 5) is 0. The van der Waals surface area contributed by atoms with Crippen molar-refractivity contribution in [2.45, 2.75) is 25.7 Å². The quantitative estimate of drug-likeness (QED) is 0.822. The van der Waals surface area contributed by atoms with Crippen molar-refractivity contribution in [1.29, 1.82) is 21.2 Å². The lowest BCUT2D eigenvalue weighted by molar-refractivity contribution is -0.268. The summed E-state index contributed by atoms with van der Waals surface area (Å²) in [5, 5.41) is 38.2. The lowest BCUT2D eigenvalue weighted by atomic mass is 9.54. The van der Waals surface area contributed by atoms with Gasteiger partial charge in [-0.3, -0.25) is 5.41 Å². The van der Waals surface area contributed by atoms with Crippen LogP contribution in [-0.4, -0.2) is 18.5 Å². The maximum atomic E-state index is 9.99. The van der Waals surface area contributed by atoms with E-state index in [1.54, 1.807) is 32.0 Å². The number of nitrogens with zero attached hydrogens (tertiary/aromatic N) is 3. The maximum Gasteiger partial charge on any atom is 0.231 e. The molecule has 0 spiro atoms. The molecule has 4 rings (SSSR count). The Morgan fingerprint density at radius 1 is 1.12 bits per heavy atom. The van der Waals surface area contributed by atoms with E-state index >= 15 is 0 Å². The number of fused-ring (bicyclic) bond motifs is 3. The number of benzene rings is 1. The molecule has 2 bridgehead atoms. The fourth-order valence-corrected chi connectivity index (χ4v) is 4.09. The zero-order valence-electron chi connectivity index (χ0n) is 14.1. The number of rotatable bonds is 1. The predicted octanol–water partition coefficient (Wildman–Crippen LogP) is 2.39. The molecule has 26 heavy (non-hydrogen) atoms. The molecule has 1 N–H and O–H groups in total. The van der Waals surface area contributed by atoms with E-state index in [4.69, 9.17) is 24.4 Å². The monoisotopic (exact) mass is 350 g/mol. The van der Waals surface area contributed by atoms with Gasteiger partial charge in [0.2, 0.25) is 23.9 Å². The highest BCUT2D eigenvalue weighted by Crippen LogP contribution is 2.66. The van der Waals surface area contributed by atoms with Gasteiger partial charge in [0.15, 0.2) is 16.9 Å². The largest absolute Gasteiger partial charge is 0.454 e. The highest BCUT2D eigenvalue weighted by atomic mass is 16.7. The van der Waals surface area contributed by atoms with E-state index in [-0.39, 0.29) is 6.79 Å². The fraction of sp³-hybridized carbons (Fsp3) is 0.444. The third-order valence-electron chi connectivity index (χ3n) is 5.69. The molecule has 1 aromatic carbocycles. The lowest BCUT2D eigenvalue weighted by Gasteiger charge is -2.47. The molecular weight excluding hydrogens is 336 g/mol. The topological polar surface area (TPSA) is 132 Å². The summed E-state index contributed by atoms with van der Waals surface area (Å²) >= 11 is 0. The van der Waals surface area contributed by atoms with Gasteiger partial charge >= 0.3 is 0 Å². The Morgan fingerprint density at radius 3 is 2.46 bits per heavy atom. The van der Waals surface area contributed by atoms with E-state index in [0.717, 1.165) is 0 Å². The Morgan fingerprint density at radius 2 is 1.81 bits per heavy atom. The van der Waals surface area contributed by atoms with Gasteiger partial charge in [0.05, 0.1) is 24.1 Å². The molecule has 0 radical (unpaired) electrons. The second-order valence-corrected chi connectivity index (χ2v) is 6.73. The molecule has 8 heteroatoms. The van der Waals surface area contributed by atoms with Crippen LogP contribution in [0.5, 0.6) is 11.5 Å². The molecule has 0 amide bonds. The molecule has 1 aromatic rings. The summed E-state index contributed by atoms with van der Waals surface area (Å²) in [5.74, 6) is -1.39. The van der Waals surface area contributed by atoms with Crippen molar-refractivity contribution in [3.8, 4) is 29.7 Å². The molecule has 0 aliphatic carbocycles. The Kier molecular flexibility index (Phi) is 3.04. The zero-order valence-corrected chi connectivity index (χ0v) is 14.1. The Balaban J connectivity index is 1.96. The third kappa shape index (κ3) is 1.57. The lowest BCUT2D eigenvalue weighted by Crippen LogP contribution is -2.57. The minimum atomic E-state index is -1.96. The number of hydrogen-bond acceptors (Lipinski definition) is 8. The number of nitriles is 3. The Bertz CT molecular complexity index is 941. The van der Waals surface area contributed by atoms with Crippen LogP contribution in [0.3, 0.4) is 0 Å². The maximum absolute atomic E-state index is 9.99. The van der Waals surface area contributed by atoms with Crippen molar-refractivity contribution in [3.05, 3.63) is 23.8 Å². The van der Waals surface area contributed by atoms with Crippen LogP contribution in [-0.2, 0) is 9.47 Å². The van der Waals surface area contributed by atoms with Gasteiger partial charge in [-0.25, -0.2) is 0 Å². The van der Waals surface area contributed by atoms with Gasteiger partial charge in [-0.05, 0) is 17.7 Å². The number of hydrogen-bond donors (Lipinski definition) is 1. The van der Waals surface area contributed by atoms with Crippen LogP contribution in [0.15, 0.2) is 18.2 Å². The predicted molar refractivity (Wildman–Crippen MR) is 84.5 cm³/mol. The van der Waals surface area contributed by atoms with Crippen LogP contribution in [0.1, 0.15) is 25.5 Å². The fourth-order valence-electron chi connectivity index (χ4n) is 4.09. The van der Waals surface area contributed by atoms with E-state index in [2.05, 4.69) is 0 Å². The van der Waals surface area contributed by atoms with E-state index in [0.29, 0.717) is 17.1 Å². The van der Waals surface area contributed by atoms with Crippen LogP contribution in [0.4, 0.5) is 0 Å². The van der Waals surface area contributed by atoms with Crippen LogP contribution >= 0.6 is 0 Å². The first-order chi connectivity index (χ1) is 12.4. The van der Waals surface area contributed by atoms with Crippen LogP contribution in [0, 0.1) is 56.2 Å². The average molecular weight is 350 g/mol. The highest BCUT2D eigenvalue weighted by Gasteiger charge is 2.78. The third-order valence-corrected chi connectivity index (χ3v) is 5.69. The molecule has 2 fully saturated rings. The second-order valence-electron chi connectivity index (χ2n) is 6.73. The van der Waals surface area contributed by atoms with E-state index in [9.17, 15) is 15.8 Å². The first-order valence-corrected chi connectivity index (χ1v) is 7.97. The van der Waals surface area contributed by atoms with Crippen molar-refractivity contribution >= 4 is 5.90 Å². The summed E-state index contributed by atoms with van der Waals surface area (Å²) in [6, 6.07) is 11.0. The summed E-state index contributed by atoms with van der Waals surface area (Å²) in [6.45, 7) is 3.35. The Hall–Kier alpha value is -3.28. The molecule has 0 aromatic heterocycles. The molecule has 8 nitrogen and oxygen atoms in total. The Labute approximate surface area is 149 Å². The van der Waals surface area contributed by atoms with E-state index in [1.807, 2.05) is 18.2 Å². The van der Waals surface area contributed by atoms with Gasteiger partial charge in [-0.2, -0.15) is 15.8 Å². The SMILES string of the molecule is CC1C2(C)OC(=N)C1(C#N)C(C#N)(C#N)C(c1ccc3c(c1)OCO3)O2. The molecule has 4 atom stereocenters. The summed E-state index contributed by atoms with van der Waals surface area (Å²) in [7, 11) is 0. The minimum absolute atomic E-state index is 0.0800. The van der Waals surface area contributed by atoms with Crippen LogP contribution < -0.4 is 9.47 Å². The molecule has 4 unspecified atom stereocenters. The van der Waals surface area contributed by atoms with Gasteiger partial charge in [0, 0.05) is 6.92 Å². The van der Waals surface area contributed by atoms with Crippen LogP contribution in [0.2, 0.25) is 0 Å². The van der Waals surface area contributed by atoms with E-state index < -0.39 is 34.5 Å². The first-order valence-electron chi connectivity index (χ1n) is 7.97. The van der Waals surface area contributed by atoms with Gasteiger partial charge in [0.1, 0.15) is 6.10 Å². The minimum Gasteiger partial charge on any atom is -0.454 e. The smallest absolute Gasteiger partial charge is 0.231 e. The molecule has 3 aliphatic rings. The van der Waals surface area contributed by atoms with Gasteiger partial charge in [0.25, 0.3) is 0 Å². The van der Waals surface area contributed by atoms with Gasteiger partial charge < -0.3 is 18.9 Å². The summed E-state index contributed by atoms with van der Waals surface area (Å²) in [6.07, 6.45) is -1.10. The van der Waals surface area contributed by atoms with E-state index in [1.165, 1.54) is 0 Å². The standard InChI is InChI=1S/C18H14N4O4/c1-10-16(2)25-14(11-3-4-12-13(5-11)24-9-23-12)17(6-19,7-20)18(10,8-21)15(22)26-16/h3-5,10,14,22H,9H2,1-2H3. The molecule has 130 valence electrons. The van der Waals surface area contributed by atoms with Crippen molar-refractivity contribution < 1.29 is 18.9 Å². The van der Waals surface area contributed by atoms with Crippen LogP contribution in [0.25, 0.3) is 0 Å². The molecule has 0 saturated carbocycles. The molecule has 2 saturated heterocycles. The second kappa shape index (κ2) is 4.88. The number of ether oxygens (including phenoxy) is 4. The van der Waals surface area contributed by atoms with Crippen molar-refractivity contribution in [3.63, 3.8) is 0 Å². The molecule has 3 heterocycles. The normalized spacial score (nSPS) is 35.7. The van der Waals surface area contributed by atoms with Gasteiger partial charge in [-0.1, -0.05) is 13.0 Å². The van der Waals surface area contributed by atoms with Crippen molar-refractivity contribution in [2.24, 2.45) is 16.7 Å². The highest BCUT2D eigenvalue weighted by molar-refractivity contribution is 5.89. The number of nitrogens with one attached hydrogen (secondary N) is 1. The first kappa shape index (κ1) is 16.2. The van der Waals surface area contributed by atoms with Crippen molar-refractivity contribution in [2.75, 3.05) is 6.79 Å². The summed E-state index contributed by atoms with van der Waals surface area (Å²) in [5.41, 5.74) is -3.22. The molecular formula is C18H14N4O4. The zero-order chi connectivity index (χ0) is 18.7. The van der Waals surface area contributed by atoms with Gasteiger partial charge in [-0.15, -0.1) is 0 Å². The molecule has 3 aliphatic heterocycles.